The lowest BCUT2D eigenvalue weighted by molar-refractivity contribution is 0.394. The first-order chi connectivity index (χ1) is 9.79. The SMILES string of the molecule is Cc1cc(S(=O)(=O)NCC2CCN(C)C2)ccc1C(N)=S. The van der Waals surface area contributed by atoms with Crippen LogP contribution >= 0.6 is 12.2 Å². The lowest BCUT2D eigenvalue weighted by Crippen LogP contribution is -2.30. The monoisotopic (exact) mass is 327 g/mol. The molecule has 21 heavy (non-hydrogen) atoms. The molecule has 0 radical (unpaired) electrons. The summed E-state index contributed by atoms with van der Waals surface area (Å²) in [5, 5.41) is 0. The Morgan fingerprint density at radius 2 is 2.24 bits per heavy atom. The van der Waals surface area contributed by atoms with Crippen LogP contribution in [0.25, 0.3) is 0 Å². The first-order valence-electron chi connectivity index (χ1n) is 6.88. The lowest BCUT2D eigenvalue weighted by atomic mass is 10.1. The number of likely N-dealkylation sites (tertiary alicyclic amines) is 1. The number of nitrogens with zero attached hydrogens (tertiary/aromatic N) is 1. The van der Waals surface area contributed by atoms with Crippen LogP contribution in [0.1, 0.15) is 17.5 Å². The highest BCUT2D eigenvalue weighted by Crippen LogP contribution is 2.17. The van der Waals surface area contributed by atoms with Crippen molar-refractivity contribution in [2.24, 2.45) is 11.7 Å². The highest BCUT2D eigenvalue weighted by Gasteiger charge is 2.22. The normalized spacial score (nSPS) is 19.8. The first kappa shape index (κ1) is 16.4. The van der Waals surface area contributed by atoms with E-state index in [0.717, 1.165) is 25.1 Å². The Morgan fingerprint density at radius 1 is 1.52 bits per heavy atom. The standard InChI is InChI=1S/C14H21N3O2S2/c1-10-7-12(3-4-13(10)14(15)20)21(18,19)16-8-11-5-6-17(2)9-11/h3-4,7,11,16H,5-6,8-9H2,1-2H3,(H2,15,20). The molecule has 0 aromatic heterocycles. The van der Waals surface area contributed by atoms with Crippen molar-refractivity contribution >= 4 is 27.2 Å². The summed E-state index contributed by atoms with van der Waals surface area (Å²) in [7, 11) is -1.43. The third-order valence-electron chi connectivity index (χ3n) is 3.82. The van der Waals surface area contributed by atoms with Gasteiger partial charge in [-0.05, 0) is 50.6 Å². The van der Waals surface area contributed by atoms with Gasteiger partial charge in [0, 0.05) is 18.7 Å². The zero-order valence-corrected chi connectivity index (χ0v) is 13.9. The maximum absolute atomic E-state index is 12.3. The van der Waals surface area contributed by atoms with Crippen LogP contribution in [0, 0.1) is 12.8 Å². The molecule has 0 aliphatic carbocycles. The molecule has 1 unspecified atom stereocenters. The van der Waals surface area contributed by atoms with Crippen molar-refractivity contribution in [3.05, 3.63) is 29.3 Å². The van der Waals surface area contributed by atoms with E-state index in [-0.39, 0.29) is 9.88 Å². The fourth-order valence-corrected chi connectivity index (χ4v) is 4.01. The second-order valence-corrected chi connectivity index (χ2v) is 7.82. The summed E-state index contributed by atoms with van der Waals surface area (Å²) in [5.74, 6) is 0.377. The van der Waals surface area contributed by atoms with Gasteiger partial charge in [0.05, 0.1) is 4.90 Å². The van der Waals surface area contributed by atoms with Gasteiger partial charge in [-0.15, -0.1) is 0 Å². The molecule has 1 saturated heterocycles. The number of sulfonamides is 1. The molecular weight excluding hydrogens is 306 g/mol. The number of aryl methyl sites for hydroxylation is 1. The number of hydrogen-bond donors (Lipinski definition) is 2. The van der Waals surface area contributed by atoms with Gasteiger partial charge in [-0.1, -0.05) is 18.3 Å². The van der Waals surface area contributed by atoms with E-state index in [1.54, 1.807) is 25.1 Å². The molecule has 5 nitrogen and oxygen atoms in total. The third kappa shape index (κ3) is 4.00. The molecule has 7 heteroatoms. The fourth-order valence-electron chi connectivity index (χ4n) is 2.58. The van der Waals surface area contributed by atoms with E-state index in [1.165, 1.54) is 0 Å². The molecule has 1 fully saturated rings. The number of benzene rings is 1. The lowest BCUT2D eigenvalue weighted by Gasteiger charge is -2.13. The summed E-state index contributed by atoms with van der Waals surface area (Å²) in [6.45, 7) is 4.23. The van der Waals surface area contributed by atoms with E-state index in [9.17, 15) is 8.42 Å². The van der Waals surface area contributed by atoms with Crippen LogP contribution in [0.4, 0.5) is 0 Å². The minimum atomic E-state index is -3.48. The summed E-state index contributed by atoms with van der Waals surface area (Å²) in [4.78, 5) is 2.74. The Bertz CT molecular complexity index is 644. The second kappa shape index (κ2) is 6.39. The van der Waals surface area contributed by atoms with E-state index in [1.807, 2.05) is 7.05 Å². The molecule has 2 rings (SSSR count). The van der Waals surface area contributed by atoms with Gasteiger partial charge in [0.25, 0.3) is 0 Å². The Labute approximate surface area is 131 Å². The summed E-state index contributed by atoms with van der Waals surface area (Å²) < 4.78 is 27.3. The quantitative estimate of drug-likeness (QED) is 0.785. The molecule has 1 aromatic carbocycles. The van der Waals surface area contributed by atoms with Crippen LogP contribution in [0.5, 0.6) is 0 Å². The smallest absolute Gasteiger partial charge is 0.240 e. The summed E-state index contributed by atoms with van der Waals surface area (Å²) in [6.07, 6.45) is 1.03. The average Bonchev–Trinajstić information content (AvgIpc) is 2.82. The first-order valence-corrected chi connectivity index (χ1v) is 8.77. The topological polar surface area (TPSA) is 75.4 Å². The number of nitrogens with two attached hydrogens (primary N) is 1. The Hall–Kier alpha value is -1.02. The zero-order chi connectivity index (χ0) is 15.6. The van der Waals surface area contributed by atoms with Crippen molar-refractivity contribution in [2.45, 2.75) is 18.2 Å². The van der Waals surface area contributed by atoms with Gasteiger partial charge in [-0.3, -0.25) is 0 Å². The van der Waals surface area contributed by atoms with E-state index < -0.39 is 10.0 Å². The number of thiocarbonyl (C=S) groups is 1. The molecule has 1 aromatic rings. The number of rotatable bonds is 5. The fraction of sp³-hybridized carbons (Fsp3) is 0.500. The van der Waals surface area contributed by atoms with Crippen molar-refractivity contribution in [1.82, 2.24) is 9.62 Å². The van der Waals surface area contributed by atoms with Crippen LogP contribution < -0.4 is 10.5 Å². The molecule has 3 N–H and O–H groups in total. The minimum Gasteiger partial charge on any atom is -0.389 e. The van der Waals surface area contributed by atoms with Gasteiger partial charge in [0.1, 0.15) is 4.99 Å². The molecule has 116 valence electrons. The highest BCUT2D eigenvalue weighted by atomic mass is 32.2. The second-order valence-electron chi connectivity index (χ2n) is 5.61. The van der Waals surface area contributed by atoms with Crippen molar-refractivity contribution < 1.29 is 8.42 Å². The molecule has 0 spiro atoms. The van der Waals surface area contributed by atoms with E-state index in [2.05, 4.69) is 9.62 Å². The molecule has 0 amide bonds. The number of hydrogen-bond acceptors (Lipinski definition) is 4. The van der Waals surface area contributed by atoms with Crippen LogP contribution in [0.3, 0.4) is 0 Å². The van der Waals surface area contributed by atoms with Gasteiger partial charge >= 0.3 is 0 Å². The van der Waals surface area contributed by atoms with Crippen LogP contribution in [-0.2, 0) is 10.0 Å². The van der Waals surface area contributed by atoms with Crippen LogP contribution in [0.15, 0.2) is 23.1 Å². The molecule has 0 saturated carbocycles. The maximum Gasteiger partial charge on any atom is 0.240 e. The van der Waals surface area contributed by atoms with E-state index in [4.69, 9.17) is 18.0 Å². The van der Waals surface area contributed by atoms with Gasteiger partial charge in [-0.25, -0.2) is 13.1 Å². The zero-order valence-electron chi connectivity index (χ0n) is 12.3. The molecule has 1 aliphatic rings. The van der Waals surface area contributed by atoms with Crippen molar-refractivity contribution in [2.75, 3.05) is 26.7 Å². The van der Waals surface area contributed by atoms with Gasteiger partial charge < -0.3 is 10.6 Å². The van der Waals surface area contributed by atoms with E-state index >= 15 is 0 Å². The van der Waals surface area contributed by atoms with Crippen LogP contribution in [-0.4, -0.2) is 45.0 Å². The van der Waals surface area contributed by atoms with Crippen molar-refractivity contribution in [1.29, 1.82) is 0 Å². The minimum absolute atomic E-state index is 0.256. The number of nitrogens with one attached hydrogen (secondary N) is 1. The predicted octanol–water partition coefficient (Wildman–Crippen LogP) is 0.859. The van der Waals surface area contributed by atoms with Crippen LogP contribution in [0.2, 0.25) is 0 Å². The average molecular weight is 327 g/mol. The van der Waals surface area contributed by atoms with E-state index in [0.29, 0.717) is 18.0 Å². The van der Waals surface area contributed by atoms with Crippen molar-refractivity contribution in [3.8, 4) is 0 Å². The molecular formula is C14H21N3O2S2. The molecule has 1 heterocycles. The maximum atomic E-state index is 12.3. The third-order valence-corrected chi connectivity index (χ3v) is 5.47. The van der Waals surface area contributed by atoms with Gasteiger partial charge in [0.15, 0.2) is 0 Å². The Morgan fingerprint density at radius 3 is 2.76 bits per heavy atom. The predicted molar refractivity (Wildman–Crippen MR) is 87.9 cm³/mol. The summed E-state index contributed by atoms with van der Waals surface area (Å²) in [6, 6.07) is 4.82. The molecule has 1 atom stereocenters. The van der Waals surface area contributed by atoms with Gasteiger partial charge in [-0.2, -0.15) is 0 Å². The summed E-state index contributed by atoms with van der Waals surface area (Å²) in [5.41, 5.74) is 7.07. The summed E-state index contributed by atoms with van der Waals surface area (Å²) >= 11 is 4.93. The Balaban J connectivity index is 2.09. The molecule has 1 aliphatic heterocycles. The highest BCUT2D eigenvalue weighted by molar-refractivity contribution is 7.89. The van der Waals surface area contributed by atoms with Gasteiger partial charge in [0.2, 0.25) is 10.0 Å². The Kier molecular flexibility index (Phi) is 4.98. The molecule has 0 bridgehead atoms. The van der Waals surface area contributed by atoms with Crippen molar-refractivity contribution in [3.63, 3.8) is 0 Å². The largest absolute Gasteiger partial charge is 0.389 e.